The van der Waals surface area contributed by atoms with Crippen LogP contribution in [0.5, 0.6) is 11.5 Å². The predicted molar refractivity (Wildman–Crippen MR) is 132 cm³/mol. The van der Waals surface area contributed by atoms with E-state index in [-0.39, 0.29) is 47.7 Å². The number of carbonyl (C=O) groups is 3. The quantitative estimate of drug-likeness (QED) is 0.328. The number of imide groups is 1. The number of fused-ring (bicyclic) bond motifs is 5. The van der Waals surface area contributed by atoms with Crippen LogP contribution in [0, 0.1) is 23.7 Å². The summed E-state index contributed by atoms with van der Waals surface area (Å²) in [7, 11) is 1.53. The zero-order chi connectivity index (χ0) is 25.4. The third-order valence-electron chi connectivity index (χ3n) is 7.09. The van der Waals surface area contributed by atoms with Crippen LogP contribution in [0.3, 0.4) is 0 Å². The van der Waals surface area contributed by atoms with Crippen LogP contribution in [0.4, 0.5) is 0 Å². The highest BCUT2D eigenvalue weighted by molar-refractivity contribution is 6.06. The minimum absolute atomic E-state index is 0.132. The van der Waals surface area contributed by atoms with Gasteiger partial charge in [0.1, 0.15) is 6.61 Å². The first-order valence-electron chi connectivity index (χ1n) is 11.8. The Bertz CT molecular complexity index is 1270. The zero-order valence-electron chi connectivity index (χ0n) is 19.8. The third kappa shape index (κ3) is 4.08. The Balaban J connectivity index is 1.36. The van der Waals surface area contributed by atoms with Crippen molar-refractivity contribution in [2.45, 2.75) is 19.4 Å². The van der Waals surface area contributed by atoms with Gasteiger partial charge in [0.25, 0.3) is 11.8 Å². The maximum atomic E-state index is 12.9. The number of allylic oxidation sites excluding steroid dienone is 3. The topological polar surface area (TPSA) is 106 Å². The van der Waals surface area contributed by atoms with Gasteiger partial charge in [0.2, 0.25) is 0 Å². The summed E-state index contributed by atoms with van der Waals surface area (Å²) in [4.78, 5) is 36.9. The molecule has 2 aliphatic carbocycles. The monoisotopic (exact) mass is 486 g/mol. The van der Waals surface area contributed by atoms with Gasteiger partial charge >= 0.3 is 5.97 Å². The Kier molecular flexibility index (Phi) is 6.18. The number of carboxylic acid groups (broad SMARTS) is 1. The van der Waals surface area contributed by atoms with E-state index < -0.39 is 5.97 Å². The Morgan fingerprint density at radius 3 is 2.39 bits per heavy atom. The molecule has 2 aromatic rings. The molecule has 2 fully saturated rings. The minimum atomic E-state index is -0.987. The molecule has 0 aromatic heterocycles. The number of methoxy groups -OCH3 is 1. The summed E-state index contributed by atoms with van der Waals surface area (Å²) in [5.41, 5.74) is 2.46. The van der Waals surface area contributed by atoms with Crippen molar-refractivity contribution in [2.75, 3.05) is 7.11 Å². The number of benzene rings is 2. The molecule has 1 saturated heterocycles. The van der Waals surface area contributed by atoms with Gasteiger partial charge in [0, 0.05) is 5.56 Å². The van der Waals surface area contributed by atoms with Gasteiger partial charge in [0.05, 0.1) is 30.7 Å². The SMILES string of the molecule is C=CCc1cc(C=NN2C(=O)[C@@H]3[C@H](C2=O)[C@H]2C=C[C@H]3C2)cc(OC)c1OCc1ccc(C(=O)O)cc1. The Morgan fingerprint density at radius 2 is 1.81 bits per heavy atom. The maximum Gasteiger partial charge on any atom is 0.335 e. The maximum absolute atomic E-state index is 12.9. The van der Waals surface area contributed by atoms with Gasteiger partial charge in [-0.25, -0.2) is 4.79 Å². The molecule has 8 heteroatoms. The molecule has 3 aliphatic rings. The van der Waals surface area contributed by atoms with Crippen LogP contribution in [0.25, 0.3) is 0 Å². The summed E-state index contributed by atoms with van der Waals surface area (Å²) in [6, 6.07) is 10.0. The molecule has 5 rings (SSSR count). The lowest BCUT2D eigenvalue weighted by Gasteiger charge is -2.16. The van der Waals surface area contributed by atoms with Gasteiger partial charge in [-0.2, -0.15) is 10.1 Å². The summed E-state index contributed by atoms with van der Waals surface area (Å²) < 4.78 is 11.6. The van der Waals surface area contributed by atoms with Gasteiger partial charge in [-0.1, -0.05) is 30.4 Å². The first-order chi connectivity index (χ1) is 17.4. The number of carboxylic acids is 1. The number of nitrogens with zero attached hydrogens (tertiary/aromatic N) is 2. The van der Waals surface area contributed by atoms with E-state index >= 15 is 0 Å². The van der Waals surface area contributed by atoms with Crippen LogP contribution < -0.4 is 9.47 Å². The Hall–Kier alpha value is -4.20. The van der Waals surface area contributed by atoms with Gasteiger partial charge in [-0.3, -0.25) is 9.59 Å². The van der Waals surface area contributed by atoms with Crippen LogP contribution in [0.15, 0.2) is 66.3 Å². The molecule has 184 valence electrons. The van der Waals surface area contributed by atoms with Gasteiger partial charge in [0.15, 0.2) is 11.5 Å². The fourth-order valence-corrected chi connectivity index (χ4v) is 5.40. The molecule has 1 aliphatic heterocycles. The molecule has 4 atom stereocenters. The first kappa shape index (κ1) is 23.5. The van der Waals surface area contributed by atoms with Crippen molar-refractivity contribution >= 4 is 24.0 Å². The molecule has 2 bridgehead atoms. The van der Waals surface area contributed by atoms with Gasteiger partial charge in [-0.15, -0.1) is 6.58 Å². The second-order valence-electron chi connectivity index (χ2n) is 9.23. The average Bonchev–Trinajstić information content (AvgIpc) is 3.56. The summed E-state index contributed by atoms with van der Waals surface area (Å²) >= 11 is 0. The summed E-state index contributed by atoms with van der Waals surface area (Å²) in [5, 5.41) is 14.4. The molecule has 1 N–H and O–H groups in total. The van der Waals surface area contributed by atoms with E-state index in [2.05, 4.69) is 23.8 Å². The second kappa shape index (κ2) is 9.45. The fraction of sp³-hybridized carbons (Fsp3) is 0.286. The summed E-state index contributed by atoms with van der Waals surface area (Å²) in [6.45, 7) is 4.03. The molecule has 2 aromatic carbocycles. The minimum Gasteiger partial charge on any atom is -0.493 e. The van der Waals surface area contributed by atoms with Crippen LogP contribution in [-0.2, 0) is 22.6 Å². The van der Waals surface area contributed by atoms with Gasteiger partial charge in [-0.05, 0) is 60.1 Å². The van der Waals surface area contributed by atoms with Crippen molar-refractivity contribution in [3.8, 4) is 11.5 Å². The standard InChI is InChI=1S/C28H26N2O6/c1-3-4-21-11-17(14-29-30-26(31)23-19-9-10-20(13-19)24(23)27(30)32)12-22(35-2)25(21)36-15-16-5-7-18(8-6-16)28(33)34/h3,5-12,14,19-20,23-24H,1,4,13,15H2,2H3,(H,33,34)/t19-,20-,23-,24+/m0/s1. The molecule has 1 saturated carbocycles. The summed E-state index contributed by atoms with van der Waals surface area (Å²) in [6.07, 6.45) is 8.70. The molecule has 36 heavy (non-hydrogen) atoms. The van der Waals surface area contributed by atoms with Crippen molar-refractivity contribution in [3.05, 3.63) is 83.5 Å². The third-order valence-corrected chi connectivity index (χ3v) is 7.09. The predicted octanol–water partition coefficient (Wildman–Crippen LogP) is 3.84. The van der Waals surface area contributed by atoms with E-state index in [0.717, 1.165) is 22.6 Å². The van der Waals surface area contributed by atoms with E-state index in [0.29, 0.717) is 23.5 Å². The van der Waals surface area contributed by atoms with Crippen LogP contribution >= 0.6 is 0 Å². The van der Waals surface area contributed by atoms with Crippen molar-refractivity contribution in [2.24, 2.45) is 28.8 Å². The molecule has 2 amide bonds. The molecule has 0 radical (unpaired) electrons. The van der Waals surface area contributed by atoms with Crippen molar-refractivity contribution < 1.29 is 29.0 Å². The molecule has 0 spiro atoms. The lowest BCUT2D eigenvalue weighted by molar-refractivity contribution is -0.140. The Morgan fingerprint density at radius 1 is 1.14 bits per heavy atom. The smallest absolute Gasteiger partial charge is 0.335 e. The van der Waals surface area contributed by atoms with Crippen molar-refractivity contribution in [1.29, 1.82) is 0 Å². The number of hydrazone groups is 1. The van der Waals surface area contributed by atoms with E-state index in [1.165, 1.54) is 25.5 Å². The second-order valence-corrected chi connectivity index (χ2v) is 9.23. The zero-order valence-corrected chi connectivity index (χ0v) is 19.8. The normalized spacial score (nSPS) is 24.0. The lowest BCUT2D eigenvalue weighted by atomic mass is 9.85. The van der Waals surface area contributed by atoms with Crippen molar-refractivity contribution in [3.63, 3.8) is 0 Å². The highest BCUT2D eigenvalue weighted by Gasteiger charge is 2.59. The van der Waals surface area contributed by atoms with Crippen LogP contribution in [-0.4, -0.2) is 41.2 Å². The molecule has 1 heterocycles. The molecule has 8 nitrogen and oxygen atoms in total. The summed E-state index contributed by atoms with van der Waals surface area (Å²) in [5.74, 6) is -0.777. The highest BCUT2D eigenvalue weighted by Crippen LogP contribution is 2.52. The number of hydrogen-bond donors (Lipinski definition) is 1. The number of ether oxygens (including phenoxy) is 2. The molecular formula is C28H26N2O6. The number of hydrogen-bond acceptors (Lipinski definition) is 6. The number of rotatable bonds is 9. The van der Waals surface area contributed by atoms with Crippen LogP contribution in [0.2, 0.25) is 0 Å². The van der Waals surface area contributed by atoms with E-state index in [4.69, 9.17) is 14.6 Å². The molecule has 0 unspecified atom stereocenters. The van der Waals surface area contributed by atoms with E-state index in [1.807, 2.05) is 6.07 Å². The molecular weight excluding hydrogens is 460 g/mol. The van der Waals surface area contributed by atoms with Crippen LogP contribution in [0.1, 0.15) is 33.5 Å². The van der Waals surface area contributed by atoms with Crippen molar-refractivity contribution in [1.82, 2.24) is 5.01 Å². The lowest BCUT2D eigenvalue weighted by Crippen LogP contribution is -2.28. The first-order valence-corrected chi connectivity index (χ1v) is 11.8. The fourth-order valence-electron chi connectivity index (χ4n) is 5.40. The largest absolute Gasteiger partial charge is 0.493 e. The Labute approximate surface area is 208 Å². The number of amides is 2. The average molecular weight is 487 g/mol. The number of aromatic carboxylic acids is 1. The highest BCUT2D eigenvalue weighted by atomic mass is 16.5. The van der Waals surface area contributed by atoms with E-state index in [1.54, 1.807) is 24.3 Å². The van der Waals surface area contributed by atoms with E-state index in [9.17, 15) is 14.4 Å². The number of carbonyl (C=O) groups excluding carboxylic acids is 2. The van der Waals surface area contributed by atoms with Gasteiger partial charge < -0.3 is 14.6 Å².